The van der Waals surface area contributed by atoms with Crippen LogP contribution >= 0.6 is 15.9 Å². The van der Waals surface area contributed by atoms with Gasteiger partial charge in [-0.3, -0.25) is 9.59 Å². The summed E-state index contributed by atoms with van der Waals surface area (Å²) in [5.74, 6) is -0.491. The fraction of sp³-hybridized carbons (Fsp3) is 0.462. The summed E-state index contributed by atoms with van der Waals surface area (Å²) in [6.07, 6.45) is 3.20. The molecule has 0 spiro atoms. The summed E-state index contributed by atoms with van der Waals surface area (Å²) in [5, 5.41) is 0. The molecule has 5 nitrogen and oxygen atoms in total. The Labute approximate surface area is 118 Å². The first-order chi connectivity index (χ1) is 9.16. The quantitative estimate of drug-likeness (QED) is 0.735. The summed E-state index contributed by atoms with van der Waals surface area (Å²) in [7, 11) is 0. The van der Waals surface area contributed by atoms with Gasteiger partial charge in [-0.2, -0.15) is 0 Å². The Morgan fingerprint density at radius 3 is 2.32 bits per heavy atom. The number of fused-ring (bicyclic) bond motifs is 5. The molecule has 3 aliphatic rings. The fourth-order valence-electron chi connectivity index (χ4n) is 3.44. The molecule has 4 atom stereocenters. The van der Waals surface area contributed by atoms with Gasteiger partial charge in [0.1, 0.15) is 5.82 Å². The summed E-state index contributed by atoms with van der Waals surface area (Å²) < 4.78 is 6.51. The smallest absolute Gasteiger partial charge is 0.241 e. The molecule has 0 saturated carbocycles. The largest absolute Gasteiger partial charge is 0.373 e. The van der Waals surface area contributed by atoms with Gasteiger partial charge in [0.15, 0.2) is 0 Å². The Morgan fingerprint density at radius 2 is 1.79 bits per heavy atom. The molecule has 6 heteroatoms. The number of imide groups is 1. The van der Waals surface area contributed by atoms with Crippen molar-refractivity contribution in [3.05, 3.63) is 22.8 Å². The van der Waals surface area contributed by atoms with Crippen LogP contribution in [-0.2, 0) is 14.3 Å². The van der Waals surface area contributed by atoms with E-state index in [1.54, 1.807) is 18.3 Å². The Hall–Kier alpha value is -1.27. The summed E-state index contributed by atoms with van der Waals surface area (Å²) in [5.41, 5.74) is 0. The average Bonchev–Trinajstić information content (AvgIpc) is 3.06. The van der Waals surface area contributed by atoms with E-state index in [0.29, 0.717) is 5.82 Å². The van der Waals surface area contributed by atoms with Crippen molar-refractivity contribution in [2.75, 3.05) is 4.90 Å². The standard InChI is InChI=1S/C13H11BrN2O3/c14-6-1-4-9(15-5-6)16-12(17)10-7-2-3-8(19-7)11(10)13(16)18/h1,4-5,7-8,10-11H,2-3H2/t7-,8-,10+,11+/m1/s1. The minimum absolute atomic E-state index is 0.0769. The van der Waals surface area contributed by atoms with Gasteiger partial charge < -0.3 is 4.74 Å². The van der Waals surface area contributed by atoms with Crippen LogP contribution in [0.5, 0.6) is 0 Å². The number of carbonyl (C=O) groups is 2. The Bertz CT molecular complexity index is 546. The van der Waals surface area contributed by atoms with Crippen LogP contribution in [-0.4, -0.2) is 29.0 Å². The minimum Gasteiger partial charge on any atom is -0.373 e. The van der Waals surface area contributed by atoms with Crippen molar-refractivity contribution in [1.29, 1.82) is 0 Å². The second kappa shape index (κ2) is 3.86. The van der Waals surface area contributed by atoms with Gasteiger partial charge in [0.2, 0.25) is 11.8 Å². The van der Waals surface area contributed by atoms with E-state index in [0.717, 1.165) is 17.3 Å². The molecule has 3 fully saturated rings. The Morgan fingerprint density at radius 1 is 1.16 bits per heavy atom. The van der Waals surface area contributed by atoms with Crippen LogP contribution in [0.4, 0.5) is 5.82 Å². The van der Waals surface area contributed by atoms with Crippen molar-refractivity contribution in [3.8, 4) is 0 Å². The number of halogens is 1. The first-order valence-corrected chi connectivity index (χ1v) is 7.11. The number of hydrogen-bond donors (Lipinski definition) is 0. The second-order valence-electron chi connectivity index (χ2n) is 5.19. The molecule has 4 rings (SSSR count). The molecule has 19 heavy (non-hydrogen) atoms. The lowest BCUT2D eigenvalue weighted by molar-refractivity contribution is -0.124. The predicted molar refractivity (Wildman–Crippen MR) is 69.3 cm³/mol. The van der Waals surface area contributed by atoms with E-state index in [1.807, 2.05) is 0 Å². The molecule has 0 N–H and O–H groups in total. The lowest BCUT2D eigenvalue weighted by Crippen LogP contribution is -2.34. The zero-order valence-electron chi connectivity index (χ0n) is 9.95. The molecule has 0 unspecified atom stereocenters. The van der Waals surface area contributed by atoms with Crippen LogP contribution in [0.25, 0.3) is 0 Å². The third kappa shape index (κ3) is 1.47. The summed E-state index contributed by atoms with van der Waals surface area (Å²) >= 11 is 3.29. The van der Waals surface area contributed by atoms with E-state index < -0.39 is 0 Å². The Balaban J connectivity index is 1.73. The van der Waals surface area contributed by atoms with Crippen molar-refractivity contribution >= 4 is 33.6 Å². The monoisotopic (exact) mass is 322 g/mol. The van der Waals surface area contributed by atoms with Crippen molar-refractivity contribution in [2.24, 2.45) is 11.8 Å². The van der Waals surface area contributed by atoms with Crippen LogP contribution in [0.2, 0.25) is 0 Å². The number of aromatic nitrogens is 1. The first kappa shape index (κ1) is 11.5. The van der Waals surface area contributed by atoms with E-state index in [4.69, 9.17) is 4.74 Å². The maximum Gasteiger partial charge on any atom is 0.241 e. The van der Waals surface area contributed by atoms with Gasteiger partial charge in [0.25, 0.3) is 0 Å². The summed E-state index contributed by atoms with van der Waals surface area (Å²) in [6, 6.07) is 3.46. The van der Waals surface area contributed by atoms with E-state index in [9.17, 15) is 9.59 Å². The maximum absolute atomic E-state index is 12.4. The van der Waals surface area contributed by atoms with E-state index >= 15 is 0 Å². The molecule has 4 heterocycles. The van der Waals surface area contributed by atoms with Gasteiger partial charge in [0, 0.05) is 10.7 Å². The lowest BCUT2D eigenvalue weighted by atomic mass is 9.81. The normalized spacial score (nSPS) is 36.2. The third-order valence-corrected chi connectivity index (χ3v) is 4.69. The van der Waals surface area contributed by atoms with Crippen molar-refractivity contribution in [1.82, 2.24) is 4.98 Å². The maximum atomic E-state index is 12.4. The summed E-state index contributed by atoms with van der Waals surface area (Å²) in [6.45, 7) is 0. The van der Waals surface area contributed by atoms with Gasteiger partial charge in [0.05, 0.1) is 24.0 Å². The van der Waals surface area contributed by atoms with Crippen LogP contribution in [0.1, 0.15) is 12.8 Å². The minimum atomic E-state index is -0.295. The SMILES string of the molecule is O=C1[C@@H]2[C@@H](C(=O)N1c1ccc(Br)cn1)[C@H]1CC[C@H]2O1. The number of anilines is 1. The number of nitrogens with zero attached hydrogens (tertiary/aromatic N) is 2. The van der Waals surface area contributed by atoms with Gasteiger partial charge in [-0.25, -0.2) is 9.88 Å². The zero-order valence-corrected chi connectivity index (χ0v) is 11.5. The highest BCUT2D eigenvalue weighted by Gasteiger charge is 2.62. The molecular formula is C13H11BrN2O3. The van der Waals surface area contributed by atoms with Crippen LogP contribution in [0.15, 0.2) is 22.8 Å². The van der Waals surface area contributed by atoms with Gasteiger partial charge in [-0.1, -0.05) is 0 Å². The van der Waals surface area contributed by atoms with Gasteiger partial charge in [-0.15, -0.1) is 0 Å². The topological polar surface area (TPSA) is 59.5 Å². The number of pyridine rings is 1. The van der Waals surface area contributed by atoms with Crippen molar-refractivity contribution in [3.63, 3.8) is 0 Å². The molecule has 1 aromatic heterocycles. The van der Waals surface area contributed by atoms with E-state index in [2.05, 4.69) is 20.9 Å². The summed E-state index contributed by atoms with van der Waals surface area (Å²) in [4.78, 5) is 30.3. The first-order valence-electron chi connectivity index (χ1n) is 6.31. The number of ether oxygens (including phenoxy) is 1. The highest BCUT2D eigenvalue weighted by atomic mass is 79.9. The molecule has 3 aliphatic heterocycles. The molecule has 2 amide bonds. The highest BCUT2D eigenvalue weighted by Crippen LogP contribution is 2.49. The number of rotatable bonds is 1. The van der Waals surface area contributed by atoms with Crippen molar-refractivity contribution < 1.29 is 14.3 Å². The number of hydrogen-bond acceptors (Lipinski definition) is 4. The Kier molecular flexibility index (Phi) is 2.35. The van der Waals surface area contributed by atoms with Crippen molar-refractivity contribution in [2.45, 2.75) is 25.0 Å². The molecule has 3 saturated heterocycles. The molecule has 98 valence electrons. The highest BCUT2D eigenvalue weighted by molar-refractivity contribution is 9.10. The van der Waals surface area contributed by atoms with Crippen LogP contribution < -0.4 is 4.90 Å². The average molecular weight is 323 g/mol. The predicted octanol–water partition coefficient (Wildman–Crippen LogP) is 1.51. The fourth-order valence-corrected chi connectivity index (χ4v) is 3.67. The zero-order chi connectivity index (χ0) is 13.1. The lowest BCUT2D eigenvalue weighted by Gasteiger charge is -2.16. The molecule has 0 radical (unpaired) electrons. The molecule has 0 aliphatic carbocycles. The van der Waals surface area contributed by atoms with Crippen LogP contribution in [0, 0.1) is 11.8 Å². The number of carbonyl (C=O) groups excluding carboxylic acids is 2. The molecule has 0 aromatic carbocycles. The third-order valence-electron chi connectivity index (χ3n) is 4.23. The van der Waals surface area contributed by atoms with Crippen LogP contribution in [0.3, 0.4) is 0 Å². The number of amides is 2. The van der Waals surface area contributed by atoms with E-state index in [-0.39, 0.29) is 35.9 Å². The molecule has 2 bridgehead atoms. The van der Waals surface area contributed by atoms with Gasteiger partial charge >= 0.3 is 0 Å². The second-order valence-corrected chi connectivity index (χ2v) is 6.10. The molecular weight excluding hydrogens is 312 g/mol. The van der Waals surface area contributed by atoms with Gasteiger partial charge in [-0.05, 0) is 40.9 Å². The van der Waals surface area contributed by atoms with E-state index in [1.165, 1.54) is 4.90 Å². The molecule has 1 aromatic rings.